The quantitative estimate of drug-likeness (QED) is 0.849. The van der Waals surface area contributed by atoms with Crippen LogP contribution in [0.3, 0.4) is 0 Å². The Kier molecular flexibility index (Phi) is 5.27. The van der Waals surface area contributed by atoms with Gasteiger partial charge in [-0.2, -0.15) is 0 Å². The second kappa shape index (κ2) is 7.17. The highest BCUT2D eigenvalue weighted by Crippen LogP contribution is 2.31. The van der Waals surface area contributed by atoms with Gasteiger partial charge in [0.05, 0.1) is 25.0 Å². The van der Waals surface area contributed by atoms with Gasteiger partial charge in [0.2, 0.25) is 0 Å². The van der Waals surface area contributed by atoms with E-state index in [-0.39, 0.29) is 5.91 Å². The summed E-state index contributed by atoms with van der Waals surface area (Å²) in [5.41, 5.74) is 1.06. The van der Waals surface area contributed by atoms with Crippen LogP contribution in [0.15, 0.2) is 39.6 Å². The minimum atomic E-state index is -0.262. The fourth-order valence-electron chi connectivity index (χ4n) is 1.78. The van der Waals surface area contributed by atoms with Gasteiger partial charge in [-0.25, -0.2) is 0 Å². The molecule has 0 bridgehead atoms. The maximum Gasteiger partial charge on any atom is 0.260 e. The lowest BCUT2D eigenvalue weighted by Gasteiger charge is -2.12. The molecular formula is C15H16BrNO4. The van der Waals surface area contributed by atoms with Crippen molar-refractivity contribution in [3.63, 3.8) is 0 Å². The molecule has 0 radical (unpaired) electrons. The highest BCUT2D eigenvalue weighted by atomic mass is 79.9. The van der Waals surface area contributed by atoms with Crippen molar-refractivity contribution < 1.29 is 18.7 Å². The summed E-state index contributed by atoms with van der Waals surface area (Å²) in [6.45, 7) is 4.86. The van der Waals surface area contributed by atoms with Crippen LogP contribution >= 0.6 is 15.9 Å². The van der Waals surface area contributed by atoms with Crippen molar-refractivity contribution in [3.05, 3.63) is 40.8 Å². The third kappa shape index (κ3) is 3.78. The molecule has 1 amide bonds. The van der Waals surface area contributed by atoms with Crippen LogP contribution in [0.25, 0.3) is 0 Å². The number of furan rings is 1. The summed E-state index contributed by atoms with van der Waals surface area (Å²) >= 11 is 3.18. The van der Waals surface area contributed by atoms with Crippen molar-refractivity contribution in [2.45, 2.75) is 13.8 Å². The molecule has 0 spiro atoms. The van der Waals surface area contributed by atoms with Crippen molar-refractivity contribution in [1.29, 1.82) is 0 Å². The molecule has 2 rings (SSSR count). The summed E-state index contributed by atoms with van der Waals surface area (Å²) in [6, 6.07) is 6.87. The fraction of sp³-hybridized carbons (Fsp3) is 0.267. The number of rotatable bonds is 6. The topological polar surface area (TPSA) is 60.7 Å². The van der Waals surface area contributed by atoms with E-state index in [2.05, 4.69) is 21.2 Å². The molecule has 21 heavy (non-hydrogen) atoms. The molecule has 1 heterocycles. The van der Waals surface area contributed by atoms with E-state index in [0.717, 1.165) is 0 Å². The Bertz CT molecular complexity index is 624. The van der Waals surface area contributed by atoms with Gasteiger partial charge in [-0.1, -0.05) is 0 Å². The Morgan fingerprint density at radius 2 is 1.90 bits per heavy atom. The molecule has 0 atom stereocenters. The van der Waals surface area contributed by atoms with Gasteiger partial charge in [0, 0.05) is 11.8 Å². The summed E-state index contributed by atoms with van der Waals surface area (Å²) in [4.78, 5) is 12.1. The number of carbonyl (C=O) groups excluding carboxylic acids is 1. The molecule has 5 nitrogen and oxygen atoms in total. The van der Waals surface area contributed by atoms with E-state index in [4.69, 9.17) is 13.9 Å². The van der Waals surface area contributed by atoms with Gasteiger partial charge < -0.3 is 19.2 Å². The zero-order valence-corrected chi connectivity index (χ0v) is 13.4. The van der Waals surface area contributed by atoms with Crippen molar-refractivity contribution in [2.24, 2.45) is 0 Å². The number of nitrogens with one attached hydrogen (secondary N) is 1. The first-order chi connectivity index (χ1) is 10.2. The average molecular weight is 354 g/mol. The third-order valence-electron chi connectivity index (χ3n) is 2.66. The SMILES string of the molecule is CCOc1ccc(NC(=O)c2ccoc2Br)cc1OCC. The van der Waals surface area contributed by atoms with Crippen LogP contribution in [0, 0.1) is 0 Å². The average Bonchev–Trinajstić information content (AvgIpc) is 2.88. The molecule has 0 aliphatic rings. The van der Waals surface area contributed by atoms with Gasteiger partial charge >= 0.3 is 0 Å². The summed E-state index contributed by atoms with van der Waals surface area (Å²) < 4.78 is 16.4. The second-order valence-corrected chi connectivity index (χ2v) is 4.81. The zero-order chi connectivity index (χ0) is 15.2. The minimum Gasteiger partial charge on any atom is -0.490 e. The Morgan fingerprint density at radius 3 is 2.52 bits per heavy atom. The first-order valence-electron chi connectivity index (χ1n) is 6.59. The molecule has 0 fully saturated rings. The lowest BCUT2D eigenvalue weighted by atomic mass is 10.2. The van der Waals surface area contributed by atoms with Crippen molar-refractivity contribution in [1.82, 2.24) is 0 Å². The summed E-state index contributed by atoms with van der Waals surface area (Å²) in [5, 5.41) is 2.79. The van der Waals surface area contributed by atoms with E-state index in [1.165, 1.54) is 6.26 Å². The van der Waals surface area contributed by atoms with Crippen molar-refractivity contribution in [3.8, 4) is 11.5 Å². The Hall–Kier alpha value is -1.95. The number of anilines is 1. The Balaban J connectivity index is 2.18. The molecule has 0 saturated carbocycles. The number of halogens is 1. The maximum atomic E-state index is 12.1. The molecule has 0 aliphatic carbocycles. The van der Waals surface area contributed by atoms with E-state index in [0.29, 0.717) is 40.6 Å². The lowest BCUT2D eigenvalue weighted by Crippen LogP contribution is -2.11. The van der Waals surface area contributed by atoms with Crippen LogP contribution in [0.2, 0.25) is 0 Å². The van der Waals surface area contributed by atoms with Gasteiger partial charge in [0.1, 0.15) is 0 Å². The molecule has 0 unspecified atom stereocenters. The van der Waals surface area contributed by atoms with E-state index in [1.54, 1.807) is 24.3 Å². The number of carbonyl (C=O) groups is 1. The van der Waals surface area contributed by atoms with Crippen molar-refractivity contribution >= 4 is 27.5 Å². The molecule has 1 aromatic carbocycles. The number of benzene rings is 1. The Labute approximate surface area is 131 Å². The van der Waals surface area contributed by atoms with Gasteiger partial charge in [0.15, 0.2) is 16.2 Å². The van der Waals surface area contributed by atoms with Crippen LogP contribution in [0.4, 0.5) is 5.69 Å². The molecule has 6 heteroatoms. The molecule has 2 aromatic rings. The number of hydrogen-bond acceptors (Lipinski definition) is 4. The van der Waals surface area contributed by atoms with Crippen LogP contribution in [-0.4, -0.2) is 19.1 Å². The van der Waals surface area contributed by atoms with Gasteiger partial charge in [-0.05, 0) is 48.0 Å². The third-order valence-corrected chi connectivity index (χ3v) is 3.28. The summed E-state index contributed by atoms with van der Waals surface area (Å²) in [5.74, 6) is 0.993. The van der Waals surface area contributed by atoms with E-state index in [9.17, 15) is 4.79 Å². The Morgan fingerprint density at radius 1 is 1.19 bits per heavy atom. The molecule has 1 aromatic heterocycles. The first-order valence-corrected chi connectivity index (χ1v) is 7.39. The molecule has 0 saturated heterocycles. The number of amides is 1. The normalized spacial score (nSPS) is 10.2. The largest absolute Gasteiger partial charge is 0.490 e. The predicted octanol–water partition coefficient (Wildman–Crippen LogP) is 4.09. The summed E-state index contributed by atoms with van der Waals surface area (Å²) in [6.07, 6.45) is 1.45. The zero-order valence-electron chi connectivity index (χ0n) is 11.8. The minimum absolute atomic E-state index is 0.262. The molecular weight excluding hydrogens is 338 g/mol. The van der Waals surface area contributed by atoms with Crippen LogP contribution in [0.5, 0.6) is 11.5 Å². The van der Waals surface area contributed by atoms with Crippen LogP contribution in [0.1, 0.15) is 24.2 Å². The highest BCUT2D eigenvalue weighted by Gasteiger charge is 2.14. The predicted molar refractivity (Wildman–Crippen MR) is 83.1 cm³/mol. The first kappa shape index (κ1) is 15.4. The van der Waals surface area contributed by atoms with Gasteiger partial charge in [0.25, 0.3) is 5.91 Å². The molecule has 112 valence electrons. The summed E-state index contributed by atoms with van der Waals surface area (Å²) in [7, 11) is 0. The van der Waals surface area contributed by atoms with Crippen molar-refractivity contribution in [2.75, 3.05) is 18.5 Å². The standard InChI is InChI=1S/C15H16BrNO4/c1-3-19-12-6-5-10(9-13(12)20-4-2)17-15(18)11-7-8-21-14(11)16/h5-9H,3-4H2,1-2H3,(H,17,18). The van der Waals surface area contributed by atoms with Gasteiger partial charge in [-0.15, -0.1) is 0 Å². The fourth-order valence-corrected chi connectivity index (χ4v) is 2.20. The van der Waals surface area contributed by atoms with E-state index < -0.39 is 0 Å². The van der Waals surface area contributed by atoms with E-state index >= 15 is 0 Å². The maximum absolute atomic E-state index is 12.1. The smallest absolute Gasteiger partial charge is 0.260 e. The number of hydrogen-bond donors (Lipinski definition) is 1. The lowest BCUT2D eigenvalue weighted by molar-refractivity contribution is 0.102. The van der Waals surface area contributed by atoms with Crippen LogP contribution < -0.4 is 14.8 Å². The molecule has 1 N–H and O–H groups in total. The monoisotopic (exact) mass is 353 g/mol. The van der Waals surface area contributed by atoms with Gasteiger partial charge in [-0.3, -0.25) is 4.79 Å². The second-order valence-electron chi connectivity index (χ2n) is 4.09. The molecule has 0 aliphatic heterocycles. The number of ether oxygens (including phenoxy) is 2. The van der Waals surface area contributed by atoms with Crippen LogP contribution in [-0.2, 0) is 0 Å². The van der Waals surface area contributed by atoms with E-state index in [1.807, 2.05) is 13.8 Å². The highest BCUT2D eigenvalue weighted by molar-refractivity contribution is 9.10.